The molecule has 0 fully saturated rings. The van der Waals surface area contributed by atoms with Gasteiger partial charge in [0, 0.05) is 23.2 Å². The molecule has 2 aromatic carbocycles. The standard InChI is InChI=1S/C20H14ClFN4OS/c21-15-5-1-14(2-6-15)12-28-20-25-18-17(23-9-10-24-18)19(27)26(20)11-13-3-7-16(22)8-4-13/h1-10H,11-12H2. The van der Waals surface area contributed by atoms with E-state index in [-0.39, 0.29) is 23.4 Å². The Bertz CT molecular complexity index is 1180. The van der Waals surface area contributed by atoms with Gasteiger partial charge in [0.05, 0.1) is 6.54 Å². The number of hydrogen-bond acceptors (Lipinski definition) is 5. The highest BCUT2D eigenvalue weighted by molar-refractivity contribution is 7.98. The molecule has 0 atom stereocenters. The Morgan fingerprint density at radius 1 is 0.964 bits per heavy atom. The van der Waals surface area contributed by atoms with Crippen LogP contribution in [0.1, 0.15) is 11.1 Å². The first-order valence-electron chi connectivity index (χ1n) is 8.43. The number of aromatic nitrogens is 4. The molecule has 0 saturated carbocycles. The van der Waals surface area contributed by atoms with E-state index in [2.05, 4.69) is 15.0 Å². The fraction of sp³-hybridized carbons (Fsp3) is 0.100. The third-order valence-electron chi connectivity index (χ3n) is 4.09. The van der Waals surface area contributed by atoms with Crippen LogP contribution < -0.4 is 5.56 Å². The predicted octanol–water partition coefficient (Wildman–Crippen LogP) is 4.32. The number of nitrogens with zero attached hydrogens (tertiary/aromatic N) is 4. The molecular formula is C20H14ClFN4OS. The zero-order valence-electron chi connectivity index (χ0n) is 14.5. The van der Waals surface area contributed by atoms with Crippen molar-refractivity contribution < 1.29 is 4.39 Å². The fourth-order valence-electron chi connectivity index (χ4n) is 2.68. The van der Waals surface area contributed by atoms with E-state index < -0.39 is 0 Å². The third-order valence-corrected chi connectivity index (χ3v) is 5.39. The highest BCUT2D eigenvalue weighted by Gasteiger charge is 2.14. The molecule has 4 rings (SSSR count). The average Bonchev–Trinajstić information content (AvgIpc) is 2.71. The monoisotopic (exact) mass is 412 g/mol. The largest absolute Gasteiger partial charge is 0.282 e. The van der Waals surface area contributed by atoms with Crippen LogP contribution in [-0.2, 0) is 12.3 Å². The minimum atomic E-state index is -0.323. The van der Waals surface area contributed by atoms with Gasteiger partial charge in [-0.2, -0.15) is 0 Å². The summed E-state index contributed by atoms with van der Waals surface area (Å²) >= 11 is 7.36. The Labute approximate surface area is 169 Å². The summed E-state index contributed by atoms with van der Waals surface area (Å²) < 4.78 is 14.8. The van der Waals surface area contributed by atoms with E-state index in [4.69, 9.17) is 11.6 Å². The van der Waals surface area contributed by atoms with E-state index in [1.165, 1.54) is 36.3 Å². The van der Waals surface area contributed by atoms with Crippen LogP contribution in [0.3, 0.4) is 0 Å². The number of halogens is 2. The Kier molecular flexibility index (Phi) is 5.36. The molecule has 0 radical (unpaired) electrons. The van der Waals surface area contributed by atoms with Crippen LogP contribution in [0.5, 0.6) is 0 Å². The second-order valence-electron chi connectivity index (χ2n) is 6.06. The third kappa shape index (κ3) is 4.05. The molecule has 5 nitrogen and oxygen atoms in total. The lowest BCUT2D eigenvalue weighted by molar-refractivity contribution is 0.622. The summed E-state index contributed by atoms with van der Waals surface area (Å²) in [4.78, 5) is 25.8. The molecule has 0 spiro atoms. The smallest absolute Gasteiger partial charge is 0.281 e. The van der Waals surface area contributed by atoms with Gasteiger partial charge in [0.15, 0.2) is 16.3 Å². The molecule has 0 saturated heterocycles. The zero-order chi connectivity index (χ0) is 19.5. The van der Waals surface area contributed by atoms with E-state index in [0.717, 1.165) is 11.1 Å². The van der Waals surface area contributed by atoms with Crippen LogP contribution in [0.4, 0.5) is 4.39 Å². The second kappa shape index (κ2) is 8.08. The summed E-state index contributed by atoms with van der Waals surface area (Å²) in [5, 5.41) is 1.19. The number of fused-ring (bicyclic) bond motifs is 1. The van der Waals surface area contributed by atoms with Gasteiger partial charge in [-0.3, -0.25) is 9.36 Å². The molecule has 8 heteroatoms. The Morgan fingerprint density at radius 3 is 2.39 bits per heavy atom. The molecule has 0 aliphatic carbocycles. The average molecular weight is 413 g/mol. The van der Waals surface area contributed by atoms with Crippen LogP contribution in [-0.4, -0.2) is 19.5 Å². The van der Waals surface area contributed by atoms with Crippen LogP contribution in [0.25, 0.3) is 11.2 Å². The van der Waals surface area contributed by atoms with E-state index in [1.54, 1.807) is 16.7 Å². The molecule has 2 heterocycles. The van der Waals surface area contributed by atoms with Crippen molar-refractivity contribution >= 4 is 34.5 Å². The number of thioether (sulfide) groups is 1. The molecule has 0 unspecified atom stereocenters. The minimum absolute atomic E-state index is 0.209. The molecule has 0 bridgehead atoms. The molecule has 140 valence electrons. The van der Waals surface area contributed by atoms with Gasteiger partial charge >= 0.3 is 0 Å². The lowest BCUT2D eigenvalue weighted by atomic mass is 10.2. The Morgan fingerprint density at radius 2 is 1.64 bits per heavy atom. The first-order chi connectivity index (χ1) is 13.6. The quantitative estimate of drug-likeness (QED) is 0.361. The highest BCUT2D eigenvalue weighted by Crippen LogP contribution is 2.23. The lowest BCUT2D eigenvalue weighted by Crippen LogP contribution is -2.25. The van der Waals surface area contributed by atoms with Gasteiger partial charge in [-0.25, -0.2) is 19.3 Å². The molecule has 0 aliphatic rings. The molecule has 0 aliphatic heterocycles. The summed E-state index contributed by atoms with van der Waals surface area (Å²) in [6.07, 6.45) is 2.97. The van der Waals surface area contributed by atoms with Crippen molar-refractivity contribution in [1.82, 2.24) is 19.5 Å². The molecule has 0 N–H and O–H groups in total. The van der Waals surface area contributed by atoms with Gasteiger partial charge in [0.2, 0.25) is 0 Å². The maximum absolute atomic E-state index is 13.2. The van der Waals surface area contributed by atoms with Crippen molar-refractivity contribution in [3.05, 3.63) is 93.2 Å². The molecular weight excluding hydrogens is 399 g/mol. The molecule has 0 amide bonds. The van der Waals surface area contributed by atoms with Gasteiger partial charge in [0.1, 0.15) is 5.82 Å². The predicted molar refractivity (Wildman–Crippen MR) is 108 cm³/mol. The van der Waals surface area contributed by atoms with Gasteiger partial charge in [-0.1, -0.05) is 47.6 Å². The van der Waals surface area contributed by atoms with E-state index in [0.29, 0.717) is 21.6 Å². The van der Waals surface area contributed by atoms with Gasteiger partial charge in [-0.05, 0) is 35.4 Å². The van der Waals surface area contributed by atoms with Crippen molar-refractivity contribution in [3.63, 3.8) is 0 Å². The van der Waals surface area contributed by atoms with Crippen molar-refractivity contribution in [2.24, 2.45) is 0 Å². The van der Waals surface area contributed by atoms with Crippen LogP contribution in [0.15, 0.2) is 70.9 Å². The Hall–Kier alpha value is -2.77. The highest BCUT2D eigenvalue weighted by atomic mass is 35.5. The summed E-state index contributed by atoms with van der Waals surface area (Å²) in [5.41, 5.74) is 2.08. The summed E-state index contributed by atoms with van der Waals surface area (Å²) in [6, 6.07) is 13.5. The fourth-order valence-corrected chi connectivity index (χ4v) is 3.75. The van der Waals surface area contributed by atoms with E-state index >= 15 is 0 Å². The maximum atomic E-state index is 13.2. The molecule has 4 aromatic rings. The lowest BCUT2D eigenvalue weighted by Gasteiger charge is -2.12. The number of rotatable bonds is 5. The molecule has 28 heavy (non-hydrogen) atoms. The van der Waals surface area contributed by atoms with E-state index in [1.807, 2.05) is 24.3 Å². The van der Waals surface area contributed by atoms with Crippen LogP contribution >= 0.6 is 23.4 Å². The van der Waals surface area contributed by atoms with E-state index in [9.17, 15) is 9.18 Å². The first-order valence-corrected chi connectivity index (χ1v) is 9.80. The van der Waals surface area contributed by atoms with Crippen molar-refractivity contribution in [2.75, 3.05) is 0 Å². The zero-order valence-corrected chi connectivity index (χ0v) is 16.1. The normalized spacial score (nSPS) is 11.1. The summed E-state index contributed by atoms with van der Waals surface area (Å²) in [5.74, 6) is 0.287. The maximum Gasteiger partial charge on any atom is 0.282 e. The molecule has 2 aromatic heterocycles. The number of benzene rings is 2. The topological polar surface area (TPSA) is 60.7 Å². The Balaban J connectivity index is 1.73. The van der Waals surface area contributed by atoms with Gasteiger partial charge in [0.25, 0.3) is 5.56 Å². The van der Waals surface area contributed by atoms with Gasteiger partial charge in [-0.15, -0.1) is 0 Å². The van der Waals surface area contributed by atoms with Crippen LogP contribution in [0.2, 0.25) is 5.02 Å². The second-order valence-corrected chi connectivity index (χ2v) is 7.43. The van der Waals surface area contributed by atoms with Crippen molar-refractivity contribution in [1.29, 1.82) is 0 Å². The van der Waals surface area contributed by atoms with Gasteiger partial charge < -0.3 is 0 Å². The SMILES string of the molecule is O=c1c2nccnc2nc(SCc2ccc(Cl)cc2)n1Cc1ccc(F)cc1. The van der Waals surface area contributed by atoms with Crippen molar-refractivity contribution in [2.45, 2.75) is 17.5 Å². The number of hydrogen-bond donors (Lipinski definition) is 0. The summed E-state index contributed by atoms with van der Waals surface area (Å²) in [7, 11) is 0. The first kappa shape index (κ1) is 18.6. The summed E-state index contributed by atoms with van der Waals surface area (Å²) in [6.45, 7) is 0.265. The minimum Gasteiger partial charge on any atom is -0.281 e. The van der Waals surface area contributed by atoms with Crippen molar-refractivity contribution in [3.8, 4) is 0 Å². The van der Waals surface area contributed by atoms with Crippen LogP contribution in [0, 0.1) is 5.82 Å².